The summed E-state index contributed by atoms with van der Waals surface area (Å²) in [7, 11) is 0. The predicted octanol–water partition coefficient (Wildman–Crippen LogP) is 3.27. The molecule has 10 heteroatoms. The minimum Gasteiger partial charge on any atom is -0.465 e. The Labute approximate surface area is 194 Å². The first-order chi connectivity index (χ1) is 15.8. The van der Waals surface area contributed by atoms with Crippen molar-refractivity contribution >= 4 is 17.9 Å². The molecule has 1 aromatic heterocycles. The number of anilines is 1. The van der Waals surface area contributed by atoms with Gasteiger partial charge in [-0.25, -0.2) is 9.48 Å². The minimum atomic E-state index is -1.13. The SMILES string of the molecule is C=C(/C=C\C=C/CC(C)N[C@@H]1N=C(O[C@@H]2CCCNC2)Nc2c(C(C)C)cnn21)NC(=O)O. The molecular weight excluding hydrogens is 422 g/mol. The topological polar surface area (TPSA) is 125 Å². The van der Waals surface area contributed by atoms with E-state index in [-0.39, 0.29) is 18.4 Å². The zero-order chi connectivity index (χ0) is 23.8. The number of piperidine rings is 1. The number of hydrogen-bond acceptors (Lipinski definition) is 7. The molecule has 0 radical (unpaired) electrons. The van der Waals surface area contributed by atoms with Crippen LogP contribution >= 0.6 is 0 Å². The second-order valence-corrected chi connectivity index (χ2v) is 8.61. The largest absolute Gasteiger partial charge is 0.465 e. The number of allylic oxidation sites excluding steroid dienone is 3. The standard InChI is InChI=1S/C23H35N7O3/c1-15(2)19-14-25-30-20(19)28-22(33-18-11-8-12-24-13-18)29-21(30)26-16(3)9-6-5-7-10-17(4)27-23(31)32/h5-7,10,14-16,18,21,24,26-27H,4,8-9,11-13H2,1-3H3,(H,28,29)(H,31,32)/b6-5-,10-7-/t16?,18-,21-/m1/s1. The van der Waals surface area contributed by atoms with E-state index in [1.54, 1.807) is 12.2 Å². The summed E-state index contributed by atoms with van der Waals surface area (Å²) in [6.07, 6.45) is 10.5. The Balaban J connectivity index is 1.63. The molecule has 180 valence electrons. The van der Waals surface area contributed by atoms with Crippen LogP contribution < -0.4 is 21.3 Å². The summed E-state index contributed by atoms with van der Waals surface area (Å²) >= 11 is 0. The highest BCUT2D eigenvalue weighted by molar-refractivity contribution is 5.90. The third kappa shape index (κ3) is 7.19. The van der Waals surface area contributed by atoms with Crippen molar-refractivity contribution in [2.24, 2.45) is 4.99 Å². The maximum atomic E-state index is 10.6. The number of aliphatic imine (C=N–C) groups is 1. The lowest BCUT2D eigenvalue weighted by Crippen LogP contribution is -2.42. The van der Waals surface area contributed by atoms with Crippen molar-refractivity contribution < 1.29 is 14.6 Å². The zero-order valence-electron chi connectivity index (χ0n) is 19.5. The Bertz CT molecular complexity index is 913. The maximum Gasteiger partial charge on any atom is 0.409 e. The van der Waals surface area contributed by atoms with Gasteiger partial charge < -0.3 is 15.2 Å². The van der Waals surface area contributed by atoms with Gasteiger partial charge in [0.25, 0.3) is 6.02 Å². The van der Waals surface area contributed by atoms with Crippen LogP contribution in [0.4, 0.5) is 10.6 Å². The van der Waals surface area contributed by atoms with E-state index in [0.717, 1.165) is 43.7 Å². The van der Waals surface area contributed by atoms with Gasteiger partial charge in [-0.15, -0.1) is 0 Å². The van der Waals surface area contributed by atoms with E-state index in [0.29, 0.717) is 17.6 Å². The normalized spacial score (nSPS) is 21.5. The summed E-state index contributed by atoms with van der Waals surface area (Å²) in [6.45, 7) is 11.8. The first kappa shape index (κ1) is 24.5. The average molecular weight is 458 g/mol. The number of rotatable bonds is 9. The molecule has 1 unspecified atom stereocenters. The highest BCUT2D eigenvalue weighted by Gasteiger charge is 2.28. The van der Waals surface area contributed by atoms with Gasteiger partial charge in [-0.3, -0.25) is 16.0 Å². The van der Waals surface area contributed by atoms with E-state index < -0.39 is 6.09 Å². The molecule has 0 aromatic carbocycles. The number of aromatic nitrogens is 2. The molecule has 3 atom stereocenters. The van der Waals surface area contributed by atoms with Gasteiger partial charge in [-0.05, 0) is 44.7 Å². The Morgan fingerprint density at radius 2 is 2.24 bits per heavy atom. The minimum absolute atomic E-state index is 0.0973. The molecule has 3 rings (SSSR count). The van der Waals surface area contributed by atoms with E-state index in [2.05, 4.69) is 53.7 Å². The Kier molecular flexibility index (Phi) is 8.67. The van der Waals surface area contributed by atoms with Gasteiger partial charge in [-0.1, -0.05) is 38.7 Å². The average Bonchev–Trinajstić information content (AvgIpc) is 3.18. The molecular formula is C23H35N7O3. The molecule has 33 heavy (non-hydrogen) atoms. The summed E-state index contributed by atoms with van der Waals surface area (Å²) in [4.78, 5) is 15.3. The Morgan fingerprint density at radius 3 is 2.94 bits per heavy atom. The second kappa shape index (κ2) is 11.7. The zero-order valence-corrected chi connectivity index (χ0v) is 19.5. The van der Waals surface area contributed by atoms with Gasteiger partial charge in [0, 0.05) is 23.8 Å². The molecule has 3 heterocycles. The first-order valence-electron chi connectivity index (χ1n) is 11.4. The second-order valence-electron chi connectivity index (χ2n) is 8.61. The number of nitrogens with zero attached hydrogens (tertiary/aromatic N) is 3. The molecule has 2 aliphatic heterocycles. The van der Waals surface area contributed by atoms with Crippen molar-refractivity contribution in [3.05, 3.63) is 48.3 Å². The molecule has 5 N–H and O–H groups in total. The smallest absolute Gasteiger partial charge is 0.409 e. The van der Waals surface area contributed by atoms with Gasteiger partial charge in [0.1, 0.15) is 11.9 Å². The number of hydrogen-bond donors (Lipinski definition) is 5. The van der Waals surface area contributed by atoms with Crippen LogP contribution in [0, 0.1) is 0 Å². The third-order valence-electron chi connectivity index (χ3n) is 5.41. The predicted molar refractivity (Wildman–Crippen MR) is 129 cm³/mol. The number of nitrogens with one attached hydrogen (secondary N) is 4. The fraction of sp³-hybridized carbons (Fsp3) is 0.522. The third-order valence-corrected chi connectivity index (χ3v) is 5.41. The first-order valence-corrected chi connectivity index (χ1v) is 11.4. The fourth-order valence-electron chi connectivity index (χ4n) is 3.69. The van der Waals surface area contributed by atoms with E-state index in [1.807, 2.05) is 23.0 Å². The fourth-order valence-corrected chi connectivity index (χ4v) is 3.69. The van der Waals surface area contributed by atoms with Gasteiger partial charge in [-0.2, -0.15) is 10.1 Å². The van der Waals surface area contributed by atoms with E-state index in [9.17, 15) is 4.79 Å². The monoisotopic (exact) mass is 457 g/mol. The van der Waals surface area contributed by atoms with E-state index >= 15 is 0 Å². The van der Waals surface area contributed by atoms with Crippen LogP contribution in [0.3, 0.4) is 0 Å². The van der Waals surface area contributed by atoms with Gasteiger partial charge in [0.15, 0.2) is 0 Å². The van der Waals surface area contributed by atoms with Crippen molar-refractivity contribution in [1.82, 2.24) is 25.7 Å². The number of amides is 1. The summed E-state index contributed by atoms with van der Waals surface area (Å²) in [5.41, 5.74) is 1.43. The molecule has 1 saturated heterocycles. The molecule has 1 fully saturated rings. The molecule has 0 spiro atoms. The van der Waals surface area contributed by atoms with Gasteiger partial charge in [0.2, 0.25) is 6.29 Å². The van der Waals surface area contributed by atoms with Crippen molar-refractivity contribution in [3.8, 4) is 0 Å². The molecule has 1 aromatic rings. The van der Waals surface area contributed by atoms with Crippen LogP contribution in [0.1, 0.15) is 57.8 Å². The van der Waals surface area contributed by atoms with Crippen molar-refractivity contribution in [2.75, 3.05) is 18.4 Å². The summed E-state index contributed by atoms with van der Waals surface area (Å²) in [5.74, 6) is 1.22. The van der Waals surface area contributed by atoms with Crippen LogP contribution in [-0.4, -0.2) is 52.2 Å². The van der Waals surface area contributed by atoms with Crippen LogP contribution in [0.15, 0.2) is 47.8 Å². The molecule has 0 aliphatic carbocycles. The van der Waals surface area contributed by atoms with Gasteiger partial charge >= 0.3 is 6.09 Å². The quantitative estimate of drug-likeness (QED) is 0.360. The lowest BCUT2D eigenvalue weighted by atomic mass is 10.1. The van der Waals surface area contributed by atoms with E-state index in [4.69, 9.17) is 14.8 Å². The summed E-state index contributed by atoms with van der Waals surface area (Å²) < 4.78 is 8.05. The van der Waals surface area contributed by atoms with E-state index in [1.165, 1.54) is 0 Å². The molecule has 1 amide bonds. The Morgan fingerprint density at radius 1 is 1.42 bits per heavy atom. The number of fused-ring (bicyclic) bond motifs is 1. The van der Waals surface area contributed by atoms with Crippen molar-refractivity contribution in [1.29, 1.82) is 0 Å². The van der Waals surface area contributed by atoms with Crippen LogP contribution in [0.25, 0.3) is 0 Å². The number of ether oxygens (including phenoxy) is 1. The van der Waals surface area contributed by atoms with Crippen LogP contribution in [0.2, 0.25) is 0 Å². The summed E-state index contributed by atoms with van der Waals surface area (Å²) in [5, 5.41) is 25.6. The Hall–Kier alpha value is -3.11. The maximum absolute atomic E-state index is 10.6. The number of amidine groups is 1. The molecule has 10 nitrogen and oxygen atoms in total. The molecule has 2 aliphatic rings. The van der Waals surface area contributed by atoms with Crippen molar-refractivity contribution in [3.63, 3.8) is 0 Å². The van der Waals surface area contributed by atoms with Gasteiger partial charge in [0.05, 0.1) is 6.20 Å². The van der Waals surface area contributed by atoms with Crippen LogP contribution in [0.5, 0.6) is 0 Å². The lowest BCUT2D eigenvalue weighted by Gasteiger charge is -2.30. The highest BCUT2D eigenvalue weighted by atomic mass is 16.5. The van der Waals surface area contributed by atoms with Crippen LogP contribution in [-0.2, 0) is 4.74 Å². The molecule has 0 saturated carbocycles. The lowest BCUT2D eigenvalue weighted by molar-refractivity contribution is 0.149. The summed E-state index contributed by atoms with van der Waals surface area (Å²) in [6, 6.07) is 0.630. The highest BCUT2D eigenvalue weighted by Crippen LogP contribution is 2.30. The number of carbonyl (C=O) groups is 1. The molecule has 0 bridgehead atoms. The van der Waals surface area contributed by atoms with Crippen molar-refractivity contribution in [2.45, 2.75) is 64.4 Å². The number of carboxylic acid groups (broad SMARTS) is 1.